The maximum atomic E-state index is 12.8. The first-order chi connectivity index (χ1) is 14.7. The van der Waals surface area contributed by atoms with Crippen LogP contribution in [0.2, 0.25) is 25.7 Å². The summed E-state index contributed by atoms with van der Waals surface area (Å²) < 4.78 is 15.6. The number of ether oxygens (including phenoxy) is 3. The minimum Gasteiger partial charge on any atom is -0.467 e. The van der Waals surface area contributed by atoms with Crippen molar-refractivity contribution in [3.63, 3.8) is 0 Å². The molecule has 1 N–H and O–H groups in total. The number of amides is 1. The molecule has 0 unspecified atom stereocenters. The third-order valence-corrected chi connectivity index (χ3v) is 6.87. The molecule has 9 nitrogen and oxygen atoms in total. The van der Waals surface area contributed by atoms with Crippen LogP contribution in [0.5, 0.6) is 0 Å². The molecular weight excluding hydrogens is 432 g/mol. The Morgan fingerprint density at radius 3 is 2.22 bits per heavy atom. The molecule has 0 aromatic rings. The van der Waals surface area contributed by atoms with E-state index < -0.39 is 37.4 Å². The molecule has 0 spiro atoms. The molecule has 0 bridgehead atoms. The normalized spacial score (nSPS) is 17.6. The van der Waals surface area contributed by atoms with Crippen molar-refractivity contribution in [2.75, 3.05) is 26.8 Å². The molecule has 10 heteroatoms. The number of methoxy groups -OCH3 is 1. The zero-order chi connectivity index (χ0) is 24.6. The predicted octanol–water partition coefficient (Wildman–Crippen LogP) is 4.12. The number of nitrogens with one attached hydrogen (secondary N) is 1. The van der Waals surface area contributed by atoms with Crippen LogP contribution < -0.4 is 5.32 Å². The van der Waals surface area contributed by atoms with Crippen molar-refractivity contribution in [2.24, 2.45) is 5.92 Å². The molecule has 1 aliphatic heterocycles. The van der Waals surface area contributed by atoms with E-state index in [-0.39, 0.29) is 12.3 Å². The number of hydrogen-bond acceptors (Lipinski definition) is 8. The number of carbonyl (C=O) groups is 3. The Labute approximate surface area is 192 Å². The molecule has 0 radical (unpaired) electrons. The highest BCUT2D eigenvalue weighted by Gasteiger charge is 2.49. The molecule has 1 amide bonds. The fourth-order valence-electron chi connectivity index (χ4n) is 3.53. The minimum atomic E-state index is -1.32. The van der Waals surface area contributed by atoms with Gasteiger partial charge in [-0.05, 0) is 52.0 Å². The Balaban J connectivity index is 2.79. The van der Waals surface area contributed by atoms with Gasteiger partial charge in [0.2, 0.25) is 0 Å². The topological polar surface area (TPSA) is 103 Å². The highest BCUT2D eigenvalue weighted by molar-refractivity contribution is 6.76. The summed E-state index contributed by atoms with van der Waals surface area (Å²) in [5.74, 6) is -0.823. The number of alkyl carbamates (subject to hydrolysis) is 1. The summed E-state index contributed by atoms with van der Waals surface area (Å²) in [5, 5.41) is 4.28. The smallest absolute Gasteiger partial charge is 0.467 e. The van der Waals surface area contributed by atoms with Gasteiger partial charge in [0.05, 0.1) is 13.7 Å². The standard InChI is InChI=1S/C22H40N2O7Si/c1-9-12-22(18(25)28-5,23-19(26)30-21(2,3)4)17-10-13-24(14-11-17)31-20(27)29-15-16-32(6,7)8/h9,17H,1,10-16H2,2-8H3,(H,23,26)/t22-/m0/s1. The first-order valence-corrected chi connectivity index (χ1v) is 14.7. The van der Waals surface area contributed by atoms with Gasteiger partial charge in [-0.25, -0.2) is 14.4 Å². The quantitative estimate of drug-likeness (QED) is 0.231. The van der Waals surface area contributed by atoms with Gasteiger partial charge in [0.1, 0.15) is 11.1 Å². The van der Waals surface area contributed by atoms with Crippen LogP contribution in [-0.4, -0.2) is 69.3 Å². The third-order valence-electron chi connectivity index (χ3n) is 5.17. The Hall–Kier alpha value is -2.07. The highest BCUT2D eigenvalue weighted by Crippen LogP contribution is 2.33. The van der Waals surface area contributed by atoms with E-state index in [9.17, 15) is 14.4 Å². The lowest BCUT2D eigenvalue weighted by Gasteiger charge is -2.42. The zero-order valence-electron chi connectivity index (χ0n) is 20.6. The summed E-state index contributed by atoms with van der Waals surface area (Å²) in [6.45, 7) is 16.7. The first-order valence-electron chi connectivity index (χ1n) is 11.0. The second-order valence-electron chi connectivity index (χ2n) is 10.3. The van der Waals surface area contributed by atoms with Crippen molar-refractivity contribution in [2.45, 2.75) is 76.9 Å². The van der Waals surface area contributed by atoms with Gasteiger partial charge in [-0.3, -0.25) is 0 Å². The fourth-order valence-corrected chi connectivity index (χ4v) is 4.24. The van der Waals surface area contributed by atoms with Crippen LogP contribution in [0.4, 0.5) is 9.59 Å². The van der Waals surface area contributed by atoms with Gasteiger partial charge in [0, 0.05) is 21.2 Å². The number of rotatable bonds is 9. The molecule has 0 aromatic carbocycles. The molecule has 1 heterocycles. The van der Waals surface area contributed by atoms with E-state index in [0.29, 0.717) is 32.5 Å². The van der Waals surface area contributed by atoms with Gasteiger partial charge in [-0.15, -0.1) is 11.6 Å². The zero-order valence-corrected chi connectivity index (χ0v) is 21.6. The highest BCUT2D eigenvalue weighted by atomic mass is 28.3. The van der Waals surface area contributed by atoms with Crippen LogP contribution in [0.1, 0.15) is 40.0 Å². The molecule has 1 fully saturated rings. The van der Waals surface area contributed by atoms with Gasteiger partial charge < -0.3 is 24.4 Å². The van der Waals surface area contributed by atoms with E-state index in [1.165, 1.54) is 12.2 Å². The maximum absolute atomic E-state index is 12.8. The van der Waals surface area contributed by atoms with Crippen molar-refractivity contribution in [3.8, 4) is 0 Å². The van der Waals surface area contributed by atoms with Crippen molar-refractivity contribution in [3.05, 3.63) is 12.7 Å². The maximum Gasteiger partial charge on any atom is 0.527 e. The SMILES string of the molecule is C=CC[C@@](NC(=O)OC(C)(C)C)(C(=O)OC)C1CCN(OC(=O)OCC[Si](C)(C)C)CC1. The predicted molar refractivity (Wildman–Crippen MR) is 124 cm³/mol. The van der Waals surface area contributed by atoms with Crippen LogP contribution in [0.25, 0.3) is 0 Å². The van der Waals surface area contributed by atoms with Crippen molar-refractivity contribution in [1.29, 1.82) is 0 Å². The average Bonchev–Trinajstić information content (AvgIpc) is 2.65. The van der Waals surface area contributed by atoms with Crippen molar-refractivity contribution < 1.29 is 33.4 Å². The number of nitrogens with zero attached hydrogens (tertiary/aromatic N) is 1. The Kier molecular flexibility index (Phi) is 10.2. The van der Waals surface area contributed by atoms with E-state index in [1.807, 2.05) is 0 Å². The van der Waals surface area contributed by atoms with Crippen LogP contribution in [0.15, 0.2) is 12.7 Å². The number of hydroxylamine groups is 2. The monoisotopic (exact) mass is 472 g/mol. The minimum absolute atomic E-state index is 0.184. The van der Waals surface area contributed by atoms with Gasteiger partial charge in [-0.2, -0.15) is 0 Å². The van der Waals surface area contributed by atoms with Crippen molar-refractivity contribution in [1.82, 2.24) is 10.4 Å². The number of carbonyl (C=O) groups excluding carboxylic acids is 3. The molecule has 0 aromatic heterocycles. The molecule has 1 aliphatic rings. The van der Waals surface area contributed by atoms with Crippen molar-refractivity contribution >= 4 is 26.3 Å². The fraction of sp³-hybridized carbons (Fsp3) is 0.773. The summed E-state index contributed by atoms with van der Waals surface area (Å²) in [5.41, 5.74) is -2.03. The number of hydrogen-bond donors (Lipinski definition) is 1. The lowest BCUT2D eigenvalue weighted by molar-refractivity contribution is -0.162. The second kappa shape index (κ2) is 11.7. The first kappa shape index (κ1) is 28.0. The molecule has 0 aliphatic carbocycles. The summed E-state index contributed by atoms with van der Waals surface area (Å²) in [6, 6.07) is 0.865. The number of piperidine rings is 1. The Morgan fingerprint density at radius 1 is 1.16 bits per heavy atom. The summed E-state index contributed by atoms with van der Waals surface area (Å²) in [6.07, 6.45) is 1.31. The lowest BCUT2D eigenvalue weighted by atomic mass is 9.75. The largest absolute Gasteiger partial charge is 0.527 e. The molecule has 1 rings (SSSR count). The molecule has 1 atom stereocenters. The lowest BCUT2D eigenvalue weighted by Crippen LogP contribution is -2.62. The van der Waals surface area contributed by atoms with Gasteiger partial charge in [-0.1, -0.05) is 25.7 Å². The summed E-state index contributed by atoms with van der Waals surface area (Å²) in [4.78, 5) is 42.6. The van der Waals surface area contributed by atoms with E-state index >= 15 is 0 Å². The summed E-state index contributed by atoms with van der Waals surface area (Å²) >= 11 is 0. The molecule has 184 valence electrons. The van der Waals surface area contributed by atoms with E-state index in [4.69, 9.17) is 19.0 Å². The van der Waals surface area contributed by atoms with Crippen LogP contribution in [-0.2, 0) is 23.8 Å². The van der Waals surface area contributed by atoms with Crippen LogP contribution in [0.3, 0.4) is 0 Å². The molecular formula is C22H40N2O7Si. The van der Waals surface area contributed by atoms with Gasteiger partial charge >= 0.3 is 18.2 Å². The Bertz CT molecular complexity index is 664. The van der Waals surface area contributed by atoms with E-state index in [2.05, 4.69) is 31.5 Å². The molecule has 1 saturated heterocycles. The van der Waals surface area contributed by atoms with E-state index in [0.717, 1.165) is 6.04 Å². The van der Waals surface area contributed by atoms with Crippen LogP contribution in [0, 0.1) is 5.92 Å². The summed E-state index contributed by atoms with van der Waals surface area (Å²) in [7, 11) is -0.0172. The van der Waals surface area contributed by atoms with Gasteiger partial charge in [0.25, 0.3) is 0 Å². The molecule has 32 heavy (non-hydrogen) atoms. The third kappa shape index (κ3) is 9.19. The van der Waals surface area contributed by atoms with Gasteiger partial charge in [0.15, 0.2) is 0 Å². The molecule has 0 saturated carbocycles. The van der Waals surface area contributed by atoms with Crippen LogP contribution >= 0.6 is 0 Å². The Morgan fingerprint density at radius 2 is 1.75 bits per heavy atom. The second-order valence-corrected chi connectivity index (χ2v) is 15.9. The number of esters is 1. The average molecular weight is 473 g/mol. The van der Waals surface area contributed by atoms with E-state index in [1.54, 1.807) is 26.8 Å².